The lowest BCUT2D eigenvalue weighted by atomic mass is 10.3. The molecular weight excluding hydrogens is 164 g/mol. The summed E-state index contributed by atoms with van der Waals surface area (Å²) in [4.78, 5) is 4.29. The molecule has 0 amide bonds. The Morgan fingerprint density at radius 1 is 1.31 bits per heavy atom. The number of fused-ring (bicyclic) bond motifs is 1. The second-order valence-corrected chi connectivity index (χ2v) is 3.14. The van der Waals surface area contributed by atoms with Gasteiger partial charge in [0.1, 0.15) is 5.82 Å². The number of nitrogens with zero attached hydrogens (tertiary/aromatic N) is 4. The third kappa shape index (κ3) is 1.18. The minimum Gasteiger partial charge on any atom is -0.268 e. The predicted octanol–water partition coefficient (Wildman–Crippen LogP) is 1.30. The van der Waals surface area contributed by atoms with Crippen molar-refractivity contribution in [3.8, 4) is 0 Å². The van der Waals surface area contributed by atoms with Crippen molar-refractivity contribution in [3.05, 3.63) is 23.3 Å². The molecule has 0 radical (unpaired) electrons. The lowest BCUT2D eigenvalue weighted by Crippen LogP contribution is -1.99. The average molecular weight is 176 g/mol. The van der Waals surface area contributed by atoms with Crippen LogP contribution in [-0.2, 0) is 6.42 Å². The van der Waals surface area contributed by atoms with Crippen molar-refractivity contribution < 1.29 is 0 Å². The first-order chi connectivity index (χ1) is 6.22. The monoisotopic (exact) mass is 176 g/mol. The molecule has 0 aromatic carbocycles. The first-order valence-corrected chi connectivity index (χ1v) is 4.40. The number of rotatable bonds is 1. The molecule has 0 aliphatic rings. The maximum atomic E-state index is 4.29. The average Bonchev–Trinajstić information content (AvgIpc) is 2.47. The van der Waals surface area contributed by atoms with Gasteiger partial charge < -0.3 is 0 Å². The van der Waals surface area contributed by atoms with Crippen LogP contribution in [0.2, 0.25) is 0 Å². The molecule has 2 aromatic rings. The van der Waals surface area contributed by atoms with Crippen LogP contribution in [0.4, 0.5) is 0 Å². The maximum Gasteiger partial charge on any atom is 0.255 e. The first kappa shape index (κ1) is 8.16. The van der Waals surface area contributed by atoms with E-state index in [1.54, 1.807) is 0 Å². The summed E-state index contributed by atoms with van der Waals surface area (Å²) < 4.78 is 1.99. The van der Waals surface area contributed by atoms with E-state index < -0.39 is 0 Å². The van der Waals surface area contributed by atoms with Crippen molar-refractivity contribution in [2.45, 2.75) is 27.2 Å². The van der Waals surface area contributed by atoms with Crippen molar-refractivity contribution in [3.63, 3.8) is 0 Å². The second kappa shape index (κ2) is 2.80. The van der Waals surface area contributed by atoms with Gasteiger partial charge in [-0.05, 0) is 19.9 Å². The van der Waals surface area contributed by atoms with E-state index in [0.29, 0.717) is 5.78 Å². The Morgan fingerprint density at radius 2 is 2.08 bits per heavy atom. The third-order valence-electron chi connectivity index (χ3n) is 2.08. The Labute approximate surface area is 76.6 Å². The molecule has 68 valence electrons. The largest absolute Gasteiger partial charge is 0.268 e. The van der Waals surface area contributed by atoms with Crippen LogP contribution in [0, 0.1) is 13.8 Å². The summed E-state index contributed by atoms with van der Waals surface area (Å²) in [6.07, 6.45) is 0.882. The molecule has 2 rings (SSSR count). The van der Waals surface area contributed by atoms with E-state index >= 15 is 0 Å². The van der Waals surface area contributed by atoms with Gasteiger partial charge in [0.15, 0.2) is 0 Å². The zero-order chi connectivity index (χ0) is 9.42. The first-order valence-electron chi connectivity index (χ1n) is 4.40. The number of aryl methyl sites for hydroxylation is 3. The van der Waals surface area contributed by atoms with Gasteiger partial charge in [0.05, 0.1) is 0 Å². The van der Waals surface area contributed by atoms with Crippen LogP contribution in [0.3, 0.4) is 0 Å². The highest BCUT2D eigenvalue weighted by molar-refractivity contribution is 5.32. The zero-order valence-corrected chi connectivity index (χ0v) is 8.07. The van der Waals surface area contributed by atoms with Crippen LogP contribution in [0.15, 0.2) is 6.07 Å². The molecule has 0 atom stereocenters. The van der Waals surface area contributed by atoms with Gasteiger partial charge in [0.2, 0.25) is 0 Å². The highest BCUT2D eigenvalue weighted by atomic mass is 15.3. The highest BCUT2D eigenvalue weighted by Gasteiger charge is 2.06. The smallest absolute Gasteiger partial charge is 0.255 e. The van der Waals surface area contributed by atoms with Gasteiger partial charge in [-0.2, -0.15) is 0 Å². The second-order valence-electron chi connectivity index (χ2n) is 3.14. The molecule has 2 aromatic heterocycles. The molecule has 4 heteroatoms. The molecule has 0 unspecified atom stereocenters. The Hall–Kier alpha value is -1.45. The van der Waals surface area contributed by atoms with E-state index in [0.717, 1.165) is 23.6 Å². The van der Waals surface area contributed by atoms with Crippen LogP contribution in [0.1, 0.15) is 24.1 Å². The molecule has 2 heterocycles. The zero-order valence-electron chi connectivity index (χ0n) is 8.07. The quantitative estimate of drug-likeness (QED) is 0.657. The molecule has 0 aliphatic heterocycles. The highest BCUT2D eigenvalue weighted by Crippen LogP contribution is 2.07. The fourth-order valence-corrected chi connectivity index (χ4v) is 1.53. The van der Waals surface area contributed by atoms with Crippen LogP contribution >= 0.6 is 0 Å². The van der Waals surface area contributed by atoms with Crippen LogP contribution in [0.25, 0.3) is 5.78 Å². The van der Waals surface area contributed by atoms with Crippen LogP contribution < -0.4 is 0 Å². The Bertz CT molecular complexity index is 444. The van der Waals surface area contributed by atoms with E-state index in [1.807, 2.05) is 24.3 Å². The van der Waals surface area contributed by atoms with Gasteiger partial charge in [-0.25, -0.2) is 4.98 Å². The molecular formula is C9H12N4. The van der Waals surface area contributed by atoms with Crippen molar-refractivity contribution in [2.24, 2.45) is 0 Å². The van der Waals surface area contributed by atoms with Gasteiger partial charge in [-0.15, -0.1) is 10.2 Å². The van der Waals surface area contributed by atoms with Crippen LogP contribution in [-0.4, -0.2) is 19.6 Å². The van der Waals surface area contributed by atoms with Gasteiger partial charge in [-0.3, -0.25) is 4.40 Å². The predicted molar refractivity (Wildman–Crippen MR) is 49.6 cm³/mol. The van der Waals surface area contributed by atoms with E-state index in [2.05, 4.69) is 22.1 Å². The summed E-state index contributed by atoms with van der Waals surface area (Å²) in [5.41, 5.74) is 2.13. The normalized spacial score (nSPS) is 11.0. The summed E-state index contributed by atoms with van der Waals surface area (Å²) >= 11 is 0. The number of hydrogen-bond acceptors (Lipinski definition) is 3. The molecule has 0 N–H and O–H groups in total. The molecule has 0 bridgehead atoms. The van der Waals surface area contributed by atoms with Crippen molar-refractivity contribution >= 4 is 5.78 Å². The standard InChI is InChI=1S/C9H12N4/c1-4-8-11-12-9-10-6(2)5-7(3)13(8)9/h5H,4H2,1-3H3. The molecule has 13 heavy (non-hydrogen) atoms. The van der Waals surface area contributed by atoms with Crippen LogP contribution in [0.5, 0.6) is 0 Å². The van der Waals surface area contributed by atoms with Gasteiger partial charge in [0, 0.05) is 17.8 Å². The van der Waals surface area contributed by atoms with Gasteiger partial charge >= 0.3 is 0 Å². The van der Waals surface area contributed by atoms with E-state index in [4.69, 9.17) is 0 Å². The summed E-state index contributed by atoms with van der Waals surface area (Å²) in [5, 5.41) is 8.08. The summed E-state index contributed by atoms with van der Waals surface area (Å²) in [7, 11) is 0. The van der Waals surface area contributed by atoms with Crippen molar-refractivity contribution in [1.29, 1.82) is 0 Å². The van der Waals surface area contributed by atoms with E-state index in [9.17, 15) is 0 Å². The SMILES string of the molecule is CCc1nnc2nc(C)cc(C)n12. The third-order valence-corrected chi connectivity index (χ3v) is 2.08. The maximum absolute atomic E-state index is 4.29. The van der Waals surface area contributed by atoms with Gasteiger partial charge in [-0.1, -0.05) is 6.92 Å². The summed E-state index contributed by atoms with van der Waals surface area (Å²) in [6.45, 7) is 6.08. The fraction of sp³-hybridized carbons (Fsp3) is 0.444. The Balaban J connectivity index is 2.82. The molecule has 0 saturated heterocycles. The summed E-state index contributed by atoms with van der Waals surface area (Å²) in [5.74, 6) is 1.68. The number of aromatic nitrogens is 4. The van der Waals surface area contributed by atoms with Gasteiger partial charge in [0.25, 0.3) is 5.78 Å². The number of hydrogen-bond donors (Lipinski definition) is 0. The van der Waals surface area contributed by atoms with Crippen molar-refractivity contribution in [1.82, 2.24) is 19.6 Å². The Morgan fingerprint density at radius 3 is 2.77 bits per heavy atom. The fourth-order valence-electron chi connectivity index (χ4n) is 1.53. The molecule has 0 fully saturated rings. The molecule has 4 nitrogen and oxygen atoms in total. The molecule has 0 aliphatic carbocycles. The summed E-state index contributed by atoms with van der Waals surface area (Å²) in [6, 6.07) is 2.04. The minimum atomic E-state index is 0.703. The van der Waals surface area contributed by atoms with Crippen molar-refractivity contribution in [2.75, 3.05) is 0 Å². The van der Waals surface area contributed by atoms with E-state index in [-0.39, 0.29) is 0 Å². The topological polar surface area (TPSA) is 43.1 Å². The lowest BCUT2D eigenvalue weighted by Gasteiger charge is -2.01. The molecule has 0 saturated carbocycles. The minimum absolute atomic E-state index is 0.703. The molecule has 0 spiro atoms. The Kier molecular flexibility index (Phi) is 1.76. The lowest BCUT2D eigenvalue weighted by molar-refractivity contribution is 0.885. The van der Waals surface area contributed by atoms with E-state index in [1.165, 1.54) is 0 Å².